The van der Waals surface area contributed by atoms with Crippen molar-refractivity contribution < 1.29 is 14.7 Å². The van der Waals surface area contributed by atoms with Crippen LogP contribution in [0.3, 0.4) is 0 Å². The minimum atomic E-state index is -0.788. The summed E-state index contributed by atoms with van der Waals surface area (Å²) >= 11 is 3.14. The molecule has 3 heterocycles. The third kappa shape index (κ3) is 2.02. The summed E-state index contributed by atoms with van der Waals surface area (Å²) in [5, 5.41) is 10.7. The van der Waals surface area contributed by atoms with E-state index in [-0.39, 0.29) is 18.2 Å². The van der Waals surface area contributed by atoms with E-state index in [1.54, 1.807) is 16.2 Å². The van der Waals surface area contributed by atoms with Crippen LogP contribution in [0.15, 0.2) is 17.5 Å². The minimum Gasteiger partial charge on any atom is -0.481 e. The number of carboxylic acids is 1. The van der Waals surface area contributed by atoms with Gasteiger partial charge in [0.25, 0.3) is 5.91 Å². The van der Waals surface area contributed by atoms with Crippen LogP contribution < -0.4 is 0 Å². The minimum absolute atomic E-state index is 0.0324. The molecule has 1 aliphatic rings. The molecule has 1 N–H and O–H groups in total. The van der Waals surface area contributed by atoms with Gasteiger partial charge in [0.05, 0.1) is 11.3 Å². The first-order valence-corrected chi connectivity index (χ1v) is 7.31. The number of nitrogens with zero attached hydrogens (tertiary/aromatic N) is 1. The first kappa shape index (κ1) is 11.7. The lowest BCUT2D eigenvalue weighted by Gasteiger charge is -2.38. The van der Waals surface area contributed by atoms with Crippen LogP contribution >= 0.6 is 22.7 Å². The van der Waals surface area contributed by atoms with Crippen molar-refractivity contribution in [3.05, 3.63) is 22.4 Å². The normalized spacial score (nSPS) is 15.9. The molecule has 0 unspecified atom stereocenters. The van der Waals surface area contributed by atoms with Gasteiger partial charge in [0.2, 0.25) is 0 Å². The van der Waals surface area contributed by atoms with Crippen molar-refractivity contribution in [1.82, 2.24) is 4.90 Å². The van der Waals surface area contributed by atoms with E-state index < -0.39 is 5.97 Å². The van der Waals surface area contributed by atoms with Gasteiger partial charge in [-0.05, 0) is 17.5 Å². The fourth-order valence-corrected chi connectivity index (χ4v) is 4.22. The lowest BCUT2D eigenvalue weighted by Crippen LogP contribution is -2.50. The van der Waals surface area contributed by atoms with Crippen molar-refractivity contribution in [2.24, 2.45) is 5.92 Å². The van der Waals surface area contributed by atoms with Gasteiger partial charge in [-0.15, -0.1) is 22.7 Å². The first-order valence-electron chi connectivity index (χ1n) is 5.61. The highest BCUT2D eigenvalue weighted by Gasteiger charge is 2.33. The number of rotatable bonds is 3. The van der Waals surface area contributed by atoms with E-state index in [1.165, 1.54) is 11.3 Å². The lowest BCUT2D eigenvalue weighted by atomic mass is 9.96. The highest BCUT2D eigenvalue weighted by molar-refractivity contribution is 7.27. The molecule has 18 heavy (non-hydrogen) atoms. The van der Waals surface area contributed by atoms with Gasteiger partial charge in [-0.2, -0.15) is 0 Å². The highest BCUT2D eigenvalue weighted by Crippen LogP contribution is 2.32. The van der Waals surface area contributed by atoms with E-state index in [9.17, 15) is 9.59 Å². The summed E-state index contributed by atoms with van der Waals surface area (Å²) < 4.78 is 2.29. The van der Waals surface area contributed by atoms with E-state index in [1.807, 2.05) is 17.5 Å². The van der Waals surface area contributed by atoms with Gasteiger partial charge >= 0.3 is 5.97 Å². The number of hydrogen-bond donors (Lipinski definition) is 1. The van der Waals surface area contributed by atoms with Crippen molar-refractivity contribution in [3.8, 4) is 0 Å². The Morgan fingerprint density at radius 2 is 2.17 bits per heavy atom. The summed E-state index contributed by atoms with van der Waals surface area (Å²) in [4.78, 5) is 25.1. The number of carboxylic acid groups (broad SMARTS) is 1. The average Bonchev–Trinajstić information content (AvgIpc) is 2.80. The van der Waals surface area contributed by atoms with Crippen molar-refractivity contribution in [3.63, 3.8) is 0 Å². The Kier molecular flexibility index (Phi) is 2.83. The number of likely N-dealkylation sites (tertiary alicyclic amines) is 1. The third-order valence-corrected chi connectivity index (χ3v) is 5.14. The van der Waals surface area contributed by atoms with E-state index in [2.05, 4.69) is 0 Å². The number of thiophene rings is 2. The number of fused-ring (bicyclic) bond motifs is 1. The third-order valence-electron chi connectivity index (χ3n) is 3.06. The predicted octanol–water partition coefficient (Wildman–Crippen LogP) is 2.51. The average molecular weight is 281 g/mol. The molecule has 1 aliphatic heterocycles. The molecule has 94 valence electrons. The van der Waals surface area contributed by atoms with Gasteiger partial charge in [0.1, 0.15) is 0 Å². The van der Waals surface area contributed by atoms with Gasteiger partial charge in [0.15, 0.2) is 0 Å². The SMILES string of the molecule is O=C(O)CC1CN(C(=O)c2cc3sccc3s2)C1. The van der Waals surface area contributed by atoms with E-state index in [0.29, 0.717) is 13.1 Å². The van der Waals surface area contributed by atoms with Crippen LogP contribution in [0.1, 0.15) is 16.1 Å². The number of aliphatic carboxylic acids is 1. The molecule has 0 aliphatic carbocycles. The van der Waals surface area contributed by atoms with Crippen molar-refractivity contribution in [2.45, 2.75) is 6.42 Å². The number of carbonyl (C=O) groups is 2. The fourth-order valence-electron chi connectivity index (χ4n) is 2.14. The van der Waals surface area contributed by atoms with Crippen molar-refractivity contribution in [2.75, 3.05) is 13.1 Å². The monoisotopic (exact) mass is 281 g/mol. The number of hydrogen-bond acceptors (Lipinski definition) is 4. The smallest absolute Gasteiger partial charge is 0.303 e. The molecule has 2 aromatic rings. The molecule has 0 bridgehead atoms. The van der Waals surface area contributed by atoms with E-state index in [4.69, 9.17) is 5.11 Å². The molecular weight excluding hydrogens is 270 g/mol. The van der Waals surface area contributed by atoms with Crippen LogP contribution in [0.2, 0.25) is 0 Å². The molecular formula is C12H11NO3S2. The highest BCUT2D eigenvalue weighted by atomic mass is 32.1. The molecule has 1 fully saturated rings. The fraction of sp³-hybridized carbons (Fsp3) is 0.333. The van der Waals surface area contributed by atoms with Crippen LogP contribution in [-0.4, -0.2) is 35.0 Å². The van der Waals surface area contributed by atoms with Gasteiger partial charge in [0, 0.05) is 28.4 Å². The molecule has 1 saturated heterocycles. The molecule has 0 radical (unpaired) electrons. The molecule has 0 saturated carbocycles. The van der Waals surface area contributed by atoms with Crippen molar-refractivity contribution in [1.29, 1.82) is 0 Å². The molecule has 1 amide bonds. The summed E-state index contributed by atoms with van der Waals surface area (Å²) in [5.41, 5.74) is 0. The number of amides is 1. The van der Waals surface area contributed by atoms with Crippen LogP contribution in [0, 0.1) is 5.92 Å². The second kappa shape index (κ2) is 4.37. The second-order valence-corrected chi connectivity index (χ2v) is 6.47. The van der Waals surface area contributed by atoms with Gasteiger partial charge in [-0.3, -0.25) is 9.59 Å². The summed E-state index contributed by atoms with van der Waals surface area (Å²) in [6.07, 6.45) is 0.156. The topological polar surface area (TPSA) is 57.6 Å². The standard InChI is InChI=1S/C12H11NO3S2/c14-11(15)3-7-5-13(6-7)12(16)10-4-9-8(18-10)1-2-17-9/h1-2,4,7H,3,5-6H2,(H,14,15). The van der Waals surface area contributed by atoms with Crippen LogP contribution in [0.25, 0.3) is 9.40 Å². The zero-order valence-electron chi connectivity index (χ0n) is 9.46. The maximum Gasteiger partial charge on any atom is 0.303 e. The zero-order valence-corrected chi connectivity index (χ0v) is 11.1. The molecule has 0 spiro atoms. The van der Waals surface area contributed by atoms with Gasteiger partial charge in [-0.25, -0.2) is 0 Å². The maximum atomic E-state index is 12.1. The summed E-state index contributed by atoms with van der Waals surface area (Å²) in [6.45, 7) is 1.13. The second-order valence-electron chi connectivity index (χ2n) is 4.43. The Labute approximate surface area is 111 Å². The van der Waals surface area contributed by atoms with E-state index >= 15 is 0 Å². The largest absolute Gasteiger partial charge is 0.481 e. The Morgan fingerprint density at radius 3 is 2.83 bits per heavy atom. The molecule has 0 atom stereocenters. The Hall–Kier alpha value is -1.40. The van der Waals surface area contributed by atoms with Gasteiger partial charge < -0.3 is 10.0 Å². The summed E-state index contributed by atoms with van der Waals surface area (Å²) in [7, 11) is 0. The van der Waals surface area contributed by atoms with E-state index in [0.717, 1.165) is 14.3 Å². The summed E-state index contributed by atoms with van der Waals surface area (Å²) in [5.74, 6) is -0.638. The molecule has 0 aromatic carbocycles. The summed E-state index contributed by atoms with van der Waals surface area (Å²) in [6, 6.07) is 3.95. The quantitative estimate of drug-likeness (QED) is 0.940. The zero-order chi connectivity index (χ0) is 12.7. The van der Waals surface area contributed by atoms with Crippen LogP contribution in [-0.2, 0) is 4.79 Å². The molecule has 4 nitrogen and oxygen atoms in total. The van der Waals surface area contributed by atoms with Gasteiger partial charge in [-0.1, -0.05) is 0 Å². The Balaban J connectivity index is 1.66. The predicted molar refractivity (Wildman–Crippen MR) is 71.3 cm³/mol. The molecule has 2 aromatic heterocycles. The molecule has 6 heteroatoms. The van der Waals surface area contributed by atoms with Crippen LogP contribution in [0.4, 0.5) is 0 Å². The van der Waals surface area contributed by atoms with Crippen LogP contribution in [0.5, 0.6) is 0 Å². The van der Waals surface area contributed by atoms with Crippen molar-refractivity contribution >= 4 is 43.9 Å². The number of carbonyl (C=O) groups excluding carboxylic acids is 1. The Morgan fingerprint density at radius 1 is 1.39 bits per heavy atom. The Bertz CT molecular complexity index is 581. The lowest BCUT2D eigenvalue weighted by molar-refractivity contribution is -0.139. The maximum absolute atomic E-state index is 12.1. The first-order chi connectivity index (χ1) is 8.63. The molecule has 3 rings (SSSR count).